The molecule has 0 bridgehead atoms. The molecule has 6 nitrogen and oxygen atoms in total. The lowest BCUT2D eigenvalue weighted by Gasteiger charge is -2.29. The summed E-state index contributed by atoms with van der Waals surface area (Å²) < 4.78 is 10.7. The number of carbonyl (C=O) groups excluding carboxylic acids is 2. The van der Waals surface area contributed by atoms with Gasteiger partial charge in [-0.3, -0.25) is 9.59 Å². The topological polar surface area (TPSA) is 59.1 Å². The highest BCUT2D eigenvalue weighted by atomic mass is 16.5. The Morgan fingerprint density at radius 2 is 1.52 bits per heavy atom. The predicted octanol–water partition coefficient (Wildman–Crippen LogP) is 4.09. The molecule has 6 heteroatoms. The van der Waals surface area contributed by atoms with E-state index in [4.69, 9.17) is 9.47 Å². The van der Waals surface area contributed by atoms with E-state index in [1.807, 2.05) is 32.0 Å². The molecule has 0 atom stereocenters. The maximum absolute atomic E-state index is 13.7. The number of benzene rings is 2. The summed E-state index contributed by atoms with van der Waals surface area (Å²) >= 11 is 0. The van der Waals surface area contributed by atoms with Crippen molar-refractivity contribution in [2.24, 2.45) is 0 Å². The lowest BCUT2D eigenvalue weighted by molar-refractivity contribution is -0.120. The lowest BCUT2D eigenvalue weighted by Crippen LogP contribution is -2.37. The number of methoxy groups -OCH3 is 2. The second-order valence-corrected chi connectivity index (χ2v) is 8.07. The van der Waals surface area contributed by atoms with Crippen molar-refractivity contribution in [3.8, 4) is 11.5 Å². The van der Waals surface area contributed by atoms with Gasteiger partial charge in [0.2, 0.25) is 0 Å². The van der Waals surface area contributed by atoms with Gasteiger partial charge in [0.15, 0.2) is 11.5 Å². The standard InChI is InChI=1S/C25H28N2O4/c1-16-8-10-19(17(2)14-16)22-23(26-12-6-5-7-13-26)25(29)27(24(22)28)18-9-11-20(30-3)21(15-18)31-4/h8-11,14-15H,5-7,12-13H2,1-4H3. The molecule has 1 saturated heterocycles. The molecule has 2 aromatic carbocycles. The third kappa shape index (κ3) is 3.67. The molecule has 0 aliphatic carbocycles. The van der Waals surface area contributed by atoms with Gasteiger partial charge in [-0.1, -0.05) is 23.8 Å². The van der Waals surface area contributed by atoms with Crippen molar-refractivity contribution in [2.45, 2.75) is 33.1 Å². The van der Waals surface area contributed by atoms with Crippen molar-refractivity contribution in [1.82, 2.24) is 4.90 Å². The molecule has 0 radical (unpaired) electrons. The average molecular weight is 421 g/mol. The van der Waals surface area contributed by atoms with Gasteiger partial charge < -0.3 is 14.4 Å². The summed E-state index contributed by atoms with van der Waals surface area (Å²) in [7, 11) is 3.09. The van der Waals surface area contributed by atoms with E-state index >= 15 is 0 Å². The molecule has 162 valence electrons. The first-order valence-corrected chi connectivity index (χ1v) is 10.6. The fourth-order valence-corrected chi connectivity index (χ4v) is 4.46. The summed E-state index contributed by atoms with van der Waals surface area (Å²) in [6.07, 6.45) is 3.17. The maximum Gasteiger partial charge on any atom is 0.282 e. The summed E-state index contributed by atoms with van der Waals surface area (Å²) in [5.74, 6) is 0.433. The molecule has 2 aliphatic rings. The monoisotopic (exact) mass is 420 g/mol. The Morgan fingerprint density at radius 3 is 2.16 bits per heavy atom. The number of nitrogens with zero attached hydrogens (tertiary/aromatic N) is 2. The van der Waals surface area contributed by atoms with E-state index in [1.165, 1.54) is 12.0 Å². The molecule has 0 unspecified atom stereocenters. The second kappa shape index (κ2) is 8.46. The van der Waals surface area contributed by atoms with E-state index in [1.54, 1.807) is 25.3 Å². The summed E-state index contributed by atoms with van der Waals surface area (Å²) in [4.78, 5) is 30.7. The Kier molecular flexibility index (Phi) is 5.72. The Balaban J connectivity index is 1.84. The van der Waals surface area contributed by atoms with Crippen LogP contribution in [0.1, 0.15) is 36.0 Å². The fraction of sp³-hybridized carbons (Fsp3) is 0.360. The predicted molar refractivity (Wildman–Crippen MR) is 120 cm³/mol. The first-order chi connectivity index (χ1) is 15.0. The molecule has 0 saturated carbocycles. The molecule has 31 heavy (non-hydrogen) atoms. The quantitative estimate of drug-likeness (QED) is 0.682. The number of aryl methyl sites for hydroxylation is 2. The molecule has 2 heterocycles. The van der Waals surface area contributed by atoms with Crippen LogP contribution in [0.3, 0.4) is 0 Å². The number of hydrogen-bond acceptors (Lipinski definition) is 5. The van der Waals surface area contributed by atoms with E-state index in [9.17, 15) is 9.59 Å². The second-order valence-electron chi connectivity index (χ2n) is 8.07. The first-order valence-electron chi connectivity index (χ1n) is 10.6. The molecular weight excluding hydrogens is 392 g/mol. The van der Waals surface area contributed by atoms with E-state index < -0.39 is 0 Å². The van der Waals surface area contributed by atoms with E-state index in [0.29, 0.717) is 28.5 Å². The van der Waals surface area contributed by atoms with Gasteiger partial charge in [0, 0.05) is 19.2 Å². The SMILES string of the molecule is COc1ccc(N2C(=O)C(c3ccc(C)cc3C)=C(N3CCCCC3)C2=O)cc1OC. The Hall–Kier alpha value is -3.28. The van der Waals surface area contributed by atoms with Gasteiger partial charge in [-0.2, -0.15) is 0 Å². The smallest absolute Gasteiger partial charge is 0.282 e. The number of likely N-dealkylation sites (tertiary alicyclic amines) is 1. The number of carbonyl (C=O) groups is 2. The van der Waals surface area contributed by atoms with Crippen molar-refractivity contribution in [2.75, 3.05) is 32.2 Å². The number of amides is 2. The molecule has 0 aromatic heterocycles. The number of imide groups is 1. The van der Waals surface area contributed by atoms with Gasteiger partial charge in [0.1, 0.15) is 5.70 Å². The van der Waals surface area contributed by atoms with Crippen LogP contribution in [0, 0.1) is 13.8 Å². The zero-order valence-corrected chi connectivity index (χ0v) is 18.5. The minimum atomic E-state index is -0.301. The maximum atomic E-state index is 13.7. The van der Waals surface area contributed by atoms with E-state index in [-0.39, 0.29) is 11.8 Å². The van der Waals surface area contributed by atoms with Crippen molar-refractivity contribution < 1.29 is 19.1 Å². The molecule has 4 rings (SSSR count). The summed E-state index contributed by atoms with van der Waals surface area (Å²) in [5, 5.41) is 0. The lowest BCUT2D eigenvalue weighted by atomic mass is 9.97. The molecule has 0 N–H and O–H groups in total. The van der Waals surface area contributed by atoms with Gasteiger partial charge in [0.25, 0.3) is 11.8 Å². The van der Waals surface area contributed by atoms with Crippen LogP contribution in [0.15, 0.2) is 42.1 Å². The van der Waals surface area contributed by atoms with Gasteiger partial charge in [-0.15, -0.1) is 0 Å². The van der Waals surface area contributed by atoms with Crippen LogP contribution in [-0.4, -0.2) is 44.0 Å². The molecular formula is C25H28N2O4. The highest BCUT2D eigenvalue weighted by Gasteiger charge is 2.43. The number of hydrogen-bond donors (Lipinski definition) is 0. The van der Waals surface area contributed by atoms with Crippen molar-refractivity contribution in [1.29, 1.82) is 0 Å². The molecule has 0 spiro atoms. The normalized spacial score (nSPS) is 16.9. The average Bonchev–Trinajstić information content (AvgIpc) is 3.03. The van der Waals surface area contributed by atoms with Crippen molar-refractivity contribution in [3.05, 3.63) is 58.8 Å². The van der Waals surface area contributed by atoms with Crippen LogP contribution in [0.5, 0.6) is 11.5 Å². The zero-order chi connectivity index (χ0) is 22.1. The van der Waals surface area contributed by atoms with Crippen molar-refractivity contribution >= 4 is 23.1 Å². The van der Waals surface area contributed by atoms with E-state index in [0.717, 1.165) is 49.0 Å². The van der Waals surface area contributed by atoms with Crippen LogP contribution < -0.4 is 14.4 Å². The Labute approximate surface area is 183 Å². The molecule has 2 aliphatic heterocycles. The van der Waals surface area contributed by atoms with Gasteiger partial charge in [0.05, 0.1) is 25.5 Å². The van der Waals surface area contributed by atoms with Crippen molar-refractivity contribution in [3.63, 3.8) is 0 Å². The number of ether oxygens (including phenoxy) is 2. The zero-order valence-electron chi connectivity index (χ0n) is 18.5. The van der Waals surface area contributed by atoms with Gasteiger partial charge in [-0.05, 0) is 56.4 Å². The Bertz CT molecular complexity index is 1070. The largest absolute Gasteiger partial charge is 0.493 e. The Morgan fingerprint density at radius 1 is 0.806 bits per heavy atom. The highest BCUT2D eigenvalue weighted by molar-refractivity contribution is 6.45. The summed E-state index contributed by atoms with van der Waals surface area (Å²) in [5.41, 5.74) is 4.38. The van der Waals surface area contributed by atoms with Crippen LogP contribution in [0.4, 0.5) is 5.69 Å². The summed E-state index contributed by atoms with van der Waals surface area (Å²) in [6, 6.07) is 11.1. The van der Waals surface area contributed by atoms with Crippen LogP contribution in [0.2, 0.25) is 0 Å². The van der Waals surface area contributed by atoms with Gasteiger partial charge in [-0.25, -0.2) is 4.90 Å². The number of rotatable bonds is 5. The third-order valence-electron chi connectivity index (χ3n) is 6.01. The van der Waals surface area contributed by atoms with Gasteiger partial charge >= 0.3 is 0 Å². The molecule has 2 aromatic rings. The summed E-state index contributed by atoms with van der Waals surface area (Å²) in [6.45, 7) is 5.57. The minimum Gasteiger partial charge on any atom is -0.493 e. The van der Waals surface area contributed by atoms with E-state index in [2.05, 4.69) is 4.90 Å². The third-order valence-corrected chi connectivity index (χ3v) is 6.01. The molecule has 2 amide bonds. The minimum absolute atomic E-state index is 0.283. The highest BCUT2D eigenvalue weighted by Crippen LogP contribution is 2.39. The first kappa shape index (κ1) is 21.0. The fourth-order valence-electron chi connectivity index (χ4n) is 4.46. The number of piperidine rings is 1. The van der Waals surface area contributed by atoms with Crippen LogP contribution >= 0.6 is 0 Å². The number of anilines is 1. The van der Waals surface area contributed by atoms with Crippen LogP contribution in [-0.2, 0) is 9.59 Å². The van der Waals surface area contributed by atoms with Crippen LogP contribution in [0.25, 0.3) is 5.57 Å². The molecule has 1 fully saturated rings.